The minimum absolute atomic E-state index is 0.0422. The van der Waals surface area contributed by atoms with E-state index >= 15 is 0 Å². The highest BCUT2D eigenvalue weighted by molar-refractivity contribution is 5.95. The summed E-state index contributed by atoms with van der Waals surface area (Å²) < 4.78 is 5.49. The van der Waals surface area contributed by atoms with Gasteiger partial charge in [-0.05, 0) is 36.1 Å². The van der Waals surface area contributed by atoms with Gasteiger partial charge < -0.3 is 15.0 Å². The Hall–Kier alpha value is -3.10. The summed E-state index contributed by atoms with van der Waals surface area (Å²) in [5, 5.41) is 2.83. The van der Waals surface area contributed by atoms with Crippen LogP contribution in [0.1, 0.15) is 49.8 Å². The first kappa shape index (κ1) is 22.6. The van der Waals surface area contributed by atoms with E-state index in [1.807, 2.05) is 48.5 Å². The Morgan fingerprint density at radius 3 is 2.52 bits per heavy atom. The van der Waals surface area contributed by atoms with Gasteiger partial charge in [0.1, 0.15) is 0 Å². The number of para-hydroxylation sites is 1. The number of amides is 2. The number of carbonyl (C=O) groups excluding carboxylic acids is 2. The van der Waals surface area contributed by atoms with E-state index in [1.54, 1.807) is 4.90 Å². The second-order valence-electron chi connectivity index (χ2n) is 8.05. The minimum Gasteiger partial charge on any atom is -0.381 e. The van der Waals surface area contributed by atoms with Gasteiger partial charge >= 0.3 is 0 Å². The number of ether oxygens (including phenoxy) is 1. The van der Waals surface area contributed by atoms with Crippen LogP contribution in [-0.4, -0.2) is 31.6 Å². The molecular formula is C26H30N2O3. The zero-order valence-electron chi connectivity index (χ0n) is 18.3. The Labute approximate surface area is 184 Å². The summed E-state index contributed by atoms with van der Waals surface area (Å²) in [6.45, 7) is 6.11. The van der Waals surface area contributed by atoms with Crippen LogP contribution in [0.3, 0.4) is 0 Å². The molecule has 0 atom stereocenters. The standard InChI is InChI=1S/C26H30N2O3/c1-20(2)14-17-31-18-15-25(29)27-16-13-26(30)28-19-23-9-4-3-7-21(23)11-12-22-8-5-6-10-24(22)28/h3-10,20H,13-19H2,1-2H3,(H,27,29). The number of anilines is 1. The SMILES string of the molecule is CC(C)CCOCCC(=O)NCCC(=O)N1Cc2ccccc2C#Cc2ccccc21. The molecule has 162 valence electrons. The smallest absolute Gasteiger partial charge is 0.229 e. The summed E-state index contributed by atoms with van der Waals surface area (Å²) in [5.74, 6) is 6.86. The van der Waals surface area contributed by atoms with Gasteiger partial charge in [-0.3, -0.25) is 9.59 Å². The van der Waals surface area contributed by atoms with Crippen molar-refractivity contribution in [3.63, 3.8) is 0 Å². The van der Waals surface area contributed by atoms with E-state index in [0.717, 1.165) is 28.8 Å². The van der Waals surface area contributed by atoms with E-state index < -0.39 is 0 Å². The zero-order valence-corrected chi connectivity index (χ0v) is 18.3. The van der Waals surface area contributed by atoms with Crippen molar-refractivity contribution in [1.82, 2.24) is 5.32 Å². The van der Waals surface area contributed by atoms with Crippen LogP contribution in [0.25, 0.3) is 0 Å². The van der Waals surface area contributed by atoms with Crippen molar-refractivity contribution in [2.75, 3.05) is 24.7 Å². The molecule has 31 heavy (non-hydrogen) atoms. The lowest BCUT2D eigenvalue weighted by atomic mass is 10.0. The first-order valence-corrected chi connectivity index (χ1v) is 10.9. The molecule has 0 saturated carbocycles. The minimum atomic E-state index is -0.0957. The molecule has 0 saturated heterocycles. The Bertz CT molecular complexity index is 972. The molecule has 1 aliphatic heterocycles. The Morgan fingerprint density at radius 2 is 1.71 bits per heavy atom. The number of carbonyl (C=O) groups is 2. The van der Waals surface area contributed by atoms with Crippen LogP contribution < -0.4 is 10.2 Å². The van der Waals surface area contributed by atoms with E-state index in [2.05, 4.69) is 31.0 Å². The molecular weight excluding hydrogens is 388 g/mol. The molecule has 0 radical (unpaired) electrons. The van der Waals surface area contributed by atoms with Crippen LogP contribution in [0.15, 0.2) is 48.5 Å². The predicted octanol–water partition coefficient (Wildman–Crippen LogP) is 3.89. The number of rotatable bonds is 9. The lowest BCUT2D eigenvalue weighted by Crippen LogP contribution is -2.35. The molecule has 2 amide bonds. The molecule has 0 aromatic heterocycles. The summed E-state index contributed by atoms with van der Waals surface area (Å²) in [6, 6.07) is 15.6. The molecule has 2 aromatic carbocycles. The van der Waals surface area contributed by atoms with Gasteiger partial charge in [-0.25, -0.2) is 0 Å². The fourth-order valence-electron chi connectivity index (χ4n) is 3.33. The largest absolute Gasteiger partial charge is 0.381 e. The predicted molar refractivity (Wildman–Crippen MR) is 123 cm³/mol. The fourth-order valence-corrected chi connectivity index (χ4v) is 3.33. The number of fused-ring (bicyclic) bond motifs is 2. The average molecular weight is 419 g/mol. The molecule has 0 aliphatic carbocycles. The normalized spacial score (nSPS) is 12.2. The molecule has 0 bridgehead atoms. The van der Waals surface area contributed by atoms with Crippen molar-refractivity contribution in [3.8, 4) is 11.8 Å². The van der Waals surface area contributed by atoms with Crippen molar-refractivity contribution >= 4 is 17.5 Å². The lowest BCUT2D eigenvalue weighted by molar-refractivity contribution is -0.122. The summed E-state index contributed by atoms with van der Waals surface area (Å²) in [6.07, 6.45) is 1.52. The van der Waals surface area contributed by atoms with Gasteiger partial charge in [-0.1, -0.05) is 56.0 Å². The molecule has 0 fully saturated rings. The maximum absolute atomic E-state index is 13.1. The highest BCUT2D eigenvalue weighted by Gasteiger charge is 2.20. The summed E-state index contributed by atoms with van der Waals surface area (Å²) in [5.41, 5.74) is 3.58. The van der Waals surface area contributed by atoms with Gasteiger partial charge in [-0.15, -0.1) is 0 Å². The summed E-state index contributed by atoms with van der Waals surface area (Å²) in [4.78, 5) is 26.9. The molecule has 5 heteroatoms. The van der Waals surface area contributed by atoms with Crippen molar-refractivity contribution in [2.45, 2.75) is 39.7 Å². The van der Waals surface area contributed by atoms with Gasteiger partial charge in [0.05, 0.1) is 18.8 Å². The number of nitrogens with one attached hydrogen (secondary N) is 1. The van der Waals surface area contributed by atoms with E-state index in [0.29, 0.717) is 38.6 Å². The summed E-state index contributed by atoms with van der Waals surface area (Å²) >= 11 is 0. The van der Waals surface area contributed by atoms with Gasteiger partial charge in [0.2, 0.25) is 11.8 Å². The average Bonchev–Trinajstić information content (AvgIpc) is 2.75. The van der Waals surface area contributed by atoms with Crippen molar-refractivity contribution in [2.24, 2.45) is 5.92 Å². The molecule has 5 nitrogen and oxygen atoms in total. The molecule has 1 heterocycles. The van der Waals surface area contributed by atoms with Crippen molar-refractivity contribution in [1.29, 1.82) is 0 Å². The monoisotopic (exact) mass is 418 g/mol. The molecule has 3 rings (SSSR count). The van der Waals surface area contributed by atoms with Crippen molar-refractivity contribution < 1.29 is 14.3 Å². The van der Waals surface area contributed by atoms with E-state index in [9.17, 15) is 9.59 Å². The lowest BCUT2D eigenvalue weighted by Gasteiger charge is -2.26. The van der Waals surface area contributed by atoms with Crippen LogP contribution in [0.4, 0.5) is 5.69 Å². The number of nitrogens with zero attached hydrogens (tertiary/aromatic N) is 1. The topological polar surface area (TPSA) is 58.6 Å². The van der Waals surface area contributed by atoms with Gasteiger partial charge in [-0.2, -0.15) is 0 Å². The maximum atomic E-state index is 13.1. The summed E-state index contributed by atoms with van der Waals surface area (Å²) in [7, 11) is 0. The van der Waals surface area contributed by atoms with Crippen LogP contribution in [0.5, 0.6) is 0 Å². The van der Waals surface area contributed by atoms with Crippen LogP contribution in [0.2, 0.25) is 0 Å². The highest BCUT2D eigenvalue weighted by atomic mass is 16.5. The van der Waals surface area contributed by atoms with Crippen LogP contribution >= 0.6 is 0 Å². The quantitative estimate of drug-likeness (QED) is 0.496. The van der Waals surface area contributed by atoms with E-state index in [1.165, 1.54) is 0 Å². The Balaban J connectivity index is 1.56. The molecule has 0 spiro atoms. The fraction of sp³-hybridized carbons (Fsp3) is 0.385. The van der Waals surface area contributed by atoms with Crippen LogP contribution in [-0.2, 0) is 20.9 Å². The third-order valence-corrected chi connectivity index (χ3v) is 5.15. The van der Waals surface area contributed by atoms with Gasteiger partial charge in [0.15, 0.2) is 0 Å². The third-order valence-electron chi connectivity index (χ3n) is 5.15. The maximum Gasteiger partial charge on any atom is 0.229 e. The van der Waals surface area contributed by atoms with Gasteiger partial charge in [0, 0.05) is 37.1 Å². The van der Waals surface area contributed by atoms with E-state index in [4.69, 9.17) is 4.74 Å². The van der Waals surface area contributed by atoms with Crippen LogP contribution in [0, 0.1) is 17.8 Å². The van der Waals surface area contributed by atoms with Gasteiger partial charge in [0.25, 0.3) is 0 Å². The number of hydrogen-bond donors (Lipinski definition) is 1. The zero-order chi connectivity index (χ0) is 22.1. The third kappa shape index (κ3) is 6.70. The van der Waals surface area contributed by atoms with E-state index in [-0.39, 0.29) is 18.2 Å². The van der Waals surface area contributed by atoms with Crippen molar-refractivity contribution in [3.05, 3.63) is 65.2 Å². The molecule has 1 N–H and O–H groups in total. The second kappa shape index (κ2) is 11.3. The second-order valence-corrected chi connectivity index (χ2v) is 8.05. The molecule has 2 aromatic rings. The highest BCUT2D eigenvalue weighted by Crippen LogP contribution is 2.25. The number of benzene rings is 2. The Morgan fingerprint density at radius 1 is 1.00 bits per heavy atom. The molecule has 1 aliphatic rings. The first-order valence-electron chi connectivity index (χ1n) is 10.9. The molecule has 0 unspecified atom stereocenters. The first-order chi connectivity index (χ1) is 15.0. The Kier molecular flexibility index (Phi) is 8.26. The number of hydrogen-bond acceptors (Lipinski definition) is 3.